The number of hydrogen-bond donors (Lipinski definition) is 0. The third kappa shape index (κ3) is 30.7. The Morgan fingerprint density at radius 2 is 0.861 bits per heavy atom. The molecule has 0 heterocycles. The lowest BCUT2D eigenvalue weighted by atomic mass is 10.1. The molecular formula is C34H62O2. The standard InChI is InChI=1S/C34H62O2/c1-3-5-7-9-11-13-15-17-18-19-21-23-25-27-29-31-33-36-34(35)32-30-28-26-24-22-20-16-14-12-10-8-6-4-2/h11,13-14,16-18H,3-10,12,15,19-33H2,1-2H3/b13-11-,16-14-,18-17+. The van der Waals surface area contributed by atoms with Crippen LogP contribution in [0.2, 0.25) is 0 Å². The van der Waals surface area contributed by atoms with Crippen LogP contribution in [-0.2, 0) is 9.53 Å². The number of carbonyl (C=O) groups is 1. The van der Waals surface area contributed by atoms with Crippen LogP contribution in [0.3, 0.4) is 0 Å². The molecular weight excluding hydrogens is 440 g/mol. The average molecular weight is 503 g/mol. The van der Waals surface area contributed by atoms with E-state index in [2.05, 4.69) is 50.3 Å². The van der Waals surface area contributed by atoms with E-state index >= 15 is 0 Å². The largest absolute Gasteiger partial charge is 0.466 e. The van der Waals surface area contributed by atoms with Gasteiger partial charge in [0, 0.05) is 6.42 Å². The Bertz CT molecular complexity index is 517. The summed E-state index contributed by atoms with van der Waals surface area (Å²) in [6.45, 7) is 5.13. The smallest absolute Gasteiger partial charge is 0.305 e. The van der Waals surface area contributed by atoms with E-state index in [-0.39, 0.29) is 5.97 Å². The molecule has 2 nitrogen and oxygen atoms in total. The highest BCUT2D eigenvalue weighted by atomic mass is 16.5. The van der Waals surface area contributed by atoms with Gasteiger partial charge in [0.05, 0.1) is 6.61 Å². The molecule has 0 saturated heterocycles. The maximum absolute atomic E-state index is 11.9. The van der Waals surface area contributed by atoms with E-state index in [0.717, 1.165) is 25.7 Å². The number of esters is 1. The second-order valence-corrected chi connectivity index (χ2v) is 10.4. The van der Waals surface area contributed by atoms with Crippen molar-refractivity contribution in [2.45, 2.75) is 168 Å². The molecule has 0 aliphatic rings. The van der Waals surface area contributed by atoms with Crippen molar-refractivity contribution in [1.29, 1.82) is 0 Å². The van der Waals surface area contributed by atoms with Gasteiger partial charge in [-0.05, 0) is 70.6 Å². The van der Waals surface area contributed by atoms with Gasteiger partial charge in [0.15, 0.2) is 0 Å². The first-order valence-corrected chi connectivity index (χ1v) is 15.9. The van der Waals surface area contributed by atoms with E-state index in [1.165, 1.54) is 122 Å². The van der Waals surface area contributed by atoms with Gasteiger partial charge in [0.2, 0.25) is 0 Å². The topological polar surface area (TPSA) is 26.3 Å². The Labute approximate surface area is 226 Å². The molecule has 0 aromatic rings. The molecule has 210 valence electrons. The van der Waals surface area contributed by atoms with Gasteiger partial charge in [-0.15, -0.1) is 0 Å². The first-order valence-electron chi connectivity index (χ1n) is 15.9. The van der Waals surface area contributed by atoms with Gasteiger partial charge in [0.25, 0.3) is 0 Å². The van der Waals surface area contributed by atoms with Gasteiger partial charge < -0.3 is 4.74 Å². The molecule has 0 fully saturated rings. The monoisotopic (exact) mass is 502 g/mol. The summed E-state index contributed by atoms with van der Waals surface area (Å²) in [4.78, 5) is 11.9. The lowest BCUT2D eigenvalue weighted by Crippen LogP contribution is -2.05. The summed E-state index contributed by atoms with van der Waals surface area (Å²) in [6, 6.07) is 0. The molecule has 2 heteroatoms. The Balaban J connectivity index is 3.26. The molecule has 0 aromatic heterocycles. The van der Waals surface area contributed by atoms with Gasteiger partial charge >= 0.3 is 5.97 Å². The zero-order valence-corrected chi connectivity index (χ0v) is 24.5. The number of ether oxygens (including phenoxy) is 1. The fourth-order valence-electron chi connectivity index (χ4n) is 4.33. The molecule has 0 unspecified atom stereocenters. The molecule has 0 radical (unpaired) electrons. The molecule has 0 bridgehead atoms. The SMILES string of the molecule is CCCCC/C=C\C/C=C/CCCCCCCCOC(=O)CCCCCCC/C=C\CCCCCC. The van der Waals surface area contributed by atoms with Crippen LogP contribution in [0.25, 0.3) is 0 Å². The van der Waals surface area contributed by atoms with Crippen molar-refractivity contribution in [2.75, 3.05) is 6.61 Å². The second-order valence-electron chi connectivity index (χ2n) is 10.4. The van der Waals surface area contributed by atoms with E-state index in [0.29, 0.717) is 13.0 Å². The van der Waals surface area contributed by atoms with Crippen LogP contribution in [0.15, 0.2) is 36.5 Å². The first kappa shape index (κ1) is 34.7. The molecule has 0 rings (SSSR count). The minimum absolute atomic E-state index is 0.00333. The highest BCUT2D eigenvalue weighted by Gasteiger charge is 2.02. The van der Waals surface area contributed by atoms with Gasteiger partial charge in [-0.3, -0.25) is 4.79 Å². The third-order valence-electron chi connectivity index (χ3n) is 6.75. The fraction of sp³-hybridized carbons (Fsp3) is 0.794. The Morgan fingerprint density at radius 3 is 1.42 bits per heavy atom. The Morgan fingerprint density at radius 1 is 0.472 bits per heavy atom. The summed E-state index contributed by atoms with van der Waals surface area (Å²) in [6.07, 6.45) is 43.3. The quantitative estimate of drug-likeness (QED) is 0.0604. The van der Waals surface area contributed by atoms with Crippen molar-refractivity contribution in [3.05, 3.63) is 36.5 Å². The lowest BCUT2D eigenvalue weighted by Gasteiger charge is -2.05. The average Bonchev–Trinajstić information content (AvgIpc) is 2.88. The first-order chi connectivity index (χ1) is 17.8. The number of hydrogen-bond acceptors (Lipinski definition) is 2. The van der Waals surface area contributed by atoms with Gasteiger partial charge in [0.1, 0.15) is 0 Å². The Kier molecular flexibility index (Phi) is 30.6. The van der Waals surface area contributed by atoms with Crippen LogP contribution >= 0.6 is 0 Å². The van der Waals surface area contributed by atoms with Crippen LogP contribution in [0, 0.1) is 0 Å². The van der Waals surface area contributed by atoms with Gasteiger partial charge in [-0.2, -0.15) is 0 Å². The van der Waals surface area contributed by atoms with Crippen LogP contribution < -0.4 is 0 Å². The Hall–Kier alpha value is -1.31. The van der Waals surface area contributed by atoms with Crippen LogP contribution in [-0.4, -0.2) is 12.6 Å². The molecule has 0 atom stereocenters. The predicted octanol–water partition coefficient (Wildman–Crippen LogP) is 11.6. The van der Waals surface area contributed by atoms with Crippen LogP contribution in [0.4, 0.5) is 0 Å². The predicted molar refractivity (Wildman–Crippen MR) is 161 cm³/mol. The molecule has 0 aliphatic carbocycles. The van der Waals surface area contributed by atoms with Crippen molar-refractivity contribution in [3.8, 4) is 0 Å². The maximum atomic E-state index is 11.9. The lowest BCUT2D eigenvalue weighted by molar-refractivity contribution is -0.143. The van der Waals surface area contributed by atoms with E-state index < -0.39 is 0 Å². The van der Waals surface area contributed by atoms with E-state index in [9.17, 15) is 4.79 Å². The molecule has 0 N–H and O–H groups in total. The number of carbonyl (C=O) groups excluding carboxylic acids is 1. The molecule has 0 spiro atoms. The normalized spacial score (nSPS) is 11.9. The number of allylic oxidation sites excluding steroid dienone is 6. The summed E-state index contributed by atoms with van der Waals surface area (Å²) in [5.74, 6) is 0.00333. The summed E-state index contributed by atoms with van der Waals surface area (Å²) in [7, 11) is 0. The van der Waals surface area contributed by atoms with Crippen LogP contribution in [0.1, 0.15) is 168 Å². The van der Waals surface area contributed by atoms with Crippen molar-refractivity contribution in [2.24, 2.45) is 0 Å². The maximum Gasteiger partial charge on any atom is 0.305 e. The van der Waals surface area contributed by atoms with Gasteiger partial charge in [-0.1, -0.05) is 127 Å². The zero-order valence-electron chi connectivity index (χ0n) is 24.5. The number of unbranched alkanes of at least 4 members (excludes halogenated alkanes) is 18. The highest BCUT2D eigenvalue weighted by molar-refractivity contribution is 5.69. The summed E-state index contributed by atoms with van der Waals surface area (Å²) < 4.78 is 5.41. The van der Waals surface area contributed by atoms with E-state index in [4.69, 9.17) is 4.74 Å². The number of rotatable bonds is 28. The minimum Gasteiger partial charge on any atom is -0.466 e. The van der Waals surface area contributed by atoms with Crippen molar-refractivity contribution in [1.82, 2.24) is 0 Å². The molecule has 0 aliphatic heterocycles. The second kappa shape index (κ2) is 31.7. The minimum atomic E-state index is 0.00333. The van der Waals surface area contributed by atoms with Crippen molar-refractivity contribution >= 4 is 5.97 Å². The van der Waals surface area contributed by atoms with E-state index in [1.54, 1.807) is 0 Å². The van der Waals surface area contributed by atoms with Crippen LogP contribution in [0.5, 0.6) is 0 Å². The summed E-state index contributed by atoms with van der Waals surface area (Å²) in [5.41, 5.74) is 0. The van der Waals surface area contributed by atoms with Crippen molar-refractivity contribution in [3.63, 3.8) is 0 Å². The molecule has 36 heavy (non-hydrogen) atoms. The molecule has 0 amide bonds. The fourth-order valence-corrected chi connectivity index (χ4v) is 4.33. The van der Waals surface area contributed by atoms with E-state index in [1.807, 2.05) is 0 Å². The molecule has 0 aromatic carbocycles. The zero-order chi connectivity index (χ0) is 26.2. The van der Waals surface area contributed by atoms with Gasteiger partial charge in [-0.25, -0.2) is 0 Å². The summed E-state index contributed by atoms with van der Waals surface area (Å²) in [5, 5.41) is 0. The van der Waals surface area contributed by atoms with Crippen molar-refractivity contribution < 1.29 is 9.53 Å². The third-order valence-corrected chi connectivity index (χ3v) is 6.75. The highest BCUT2D eigenvalue weighted by Crippen LogP contribution is 2.11. The molecule has 0 saturated carbocycles. The summed E-state index contributed by atoms with van der Waals surface area (Å²) >= 11 is 0.